The number of hydrogen-bond donors (Lipinski definition) is 4. The van der Waals surface area contributed by atoms with Crippen LogP contribution in [0, 0.1) is 13.8 Å². The van der Waals surface area contributed by atoms with Crippen molar-refractivity contribution in [3.63, 3.8) is 0 Å². The van der Waals surface area contributed by atoms with Gasteiger partial charge in [-0.3, -0.25) is 4.79 Å². The fourth-order valence-electron chi connectivity index (χ4n) is 5.05. The number of hydrogen-bond acceptors (Lipinski definition) is 5. The molecule has 3 heterocycles. The Bertz CT molecular complexity index is 1160. The molecule has 0 saturated heterocycles. The van der Waals surface area contributed by atoms with Gasteiger partial charge in [0.2, 0.25) is 0 Å². The minimum Gasteiger partial charge on any atom is -0.394 e. The number of benzene rings is 1. The zero-order valence-corrected chi connectivity index (χ0v) is 17.9. The Morgan fingerprint density at radius 1 is 1.29 bits per heavy atom. The molecule has 2 aliphatic rings. The lowest BCUT2D eigenvalue weighted by molar-refractivity contribution is 0.0801. The fourth-order valence-corrected chi connectivity index (χ4v) is 5.05. The van der Waals surface area contributed by atoms with Gasteiger partial charge in [-0.1, -0.05) is 24.3 Å². The summed E-state index contributed by atoms with van der Waals surface area (Å²) in [6.07, 6.45) is 4.53. The summed E-state index contributed by atoms with van der Waals surface area (Å²) < 4.78 is 1.99. The van der Waals surface area contributed by atoms with E-state index in [9.17, 15) is 9.90 Å². The lowest BCUT2D eigenvalue weighted by atomic mass is 9.82. The average molecular weight is 421 g/mol. The van der Waals surface area contributed by atoms with E-state index >= 15 is 0 Å². The first-order chi connectivity index (χ1) is 14.9. The zero-order valence-electron chi connectivity index (χ0n) is 17.9. The van der Waals surface area contributed by atoms with Crippen LogP contribution in [-0.2, 0) is 19.3 Å². The molecule has 0 radical (unpaired) electrons. The number of carbonyl (C=O) groups is 1. The van der Waals surface area contributed by atoms with Gasteiger partial charge in [0.15, 0.2) is 5.65 Å². The highest BCUT2D eigenvalue weighted by atomic mass is 16.3. The second kappa shape index (κ2) is 7.35. The largest absolute Gasteiger partial charge is 0.394 e. The van der Waals surface area contributed by atoms with Crippen molar-refractivity contribution in [3.05, 3.63) is 64.1 Å². The minimum atomic E-state index is -0.973. The van der Waals surface area contributed by atoms with Crippen molar-refractivity contribution in [1.82, 2.24) is 14.7 Å². The highest BCUT2D eigenvalue weighted by Gasteiger charge is 2.41. The number of nitrogens with zero attached hydrogens (tertiary/aromatic N) is 2. The number of rotatable bonds is 4. The molecule has 0 saturated carbocycles. The van der Waals surface area contributed by atoms with Gasteiger partial charge in [0.25, 0.3) is 5.91 Å². The van der Waals surface area contributed by atoms with Gasteiger partial charge < -0.3 is 25.2 Å². The molecule has 1 unspecified atom stereocenters. The molecule has 1 spiro atoms. The van der Waals surface area contributed by atoms with Gasteiger partial charge in [0, 0.05) is 24.0 Å². The standard InChI is InChI=1S/C24H28N4O3/c1-14-15(2)28-12-20(23(31)25-11-18(30)13-29)19-7-8-24(27-21(19)22(28)26-14)9-16-5-3-4-6-17(16)10-24/h3-6,12,18,27,29-30H,7-11,13H2,1-2H3,(H,25,31). The summed E-state index contributed by atoms with van der Waals surface area (Å²) in [6, 6.07) is 8.60. The van der Waals surface area contributed by atoms with Crippen molar-refractivity contribution >= 4 is 17.2 Å². The number of aliphatic hydroxyl groups is 2. The molecule has 4 N–H and O–H groups in total. The summed E-state index contributed by atoms with van der Waals surface area (Å²) in [6.45, 7) is 3.61. The number of fused-ring (bicyclic) bond motifs is 4. The second-order valence-electron chi connectivity index (χ2n) is 8.95. The molecule has 1 aliphatic carbocycles. The third-order valence-corrected chi connectivity index (χ3v) is 6.87. The molecular formula is C24H28N4O3. The van der Waals surface area contributed by atoms with Crippen molar-refractivity contribution in [3.8, 4) is 0 Å². The lowest BCUT2D eigenvalue weighted by Crippen LogP contribution is -2.44. The highest BCUT2D eigenvalue weighted by molar-refractivity contribution is 5.99. The van der Waals surface area contributed by atoms with E-state index in [2.05, 4.69) is 34.9 Å². The van der Waals surface area contributed by atoms with Crippen LogP contribution < -0.4 is 10.6 Å². The zero-order chi connectivity index (χ0) is 21.8. The number of anilines is 1. The normalized spacial score (nSPS) is 17.3. The number of amides is 1. The molecule has 5 rings (SSSR count). The predicted molar refractivity (Wildman–Crippen MR) is 119 cm³/mol. The second-order valence-corrected chi connectivity index (χ2v) is 8.95. The van der Waals surface area contributed by atoms with Crippen LogP contribution in [-0.4, -0.2) is 50.3 Å². The van der Waals surface area contributed by atoms with E-state index in [1.54, 1.807) is 0 Å². The number of aromatic nitrogens is 2. The molecule has 1 aliphatic heterocycles. The molecule has 1 amide bonds. The SMILES string of the molecule is Cc1nc2c3c(c(C(=O)NCC(O)CO)cn2c1C)CCC1(Cc2ccccc2C1)N3. The lowest BCUT2D eigenvalue weighted by Gasteiger charge is -2.38. The van der Waals surface area contributed by atoms with E-state index in [0.29, 0.717) is 5.56 Å². The van der Waals surface area contributed by atoms with E-state index in [-0.39, 0.29) is 24.6 Å². The Balaban J connectivity index is 1.57. The van der Waals surface area contributed by atoms with Crippen molar-refractivity contribution in [2.45, 2.75) is 51.2 Å². The Morgan fingerprint density at radius 2 is 2.00 bits per heavy atom. The minimum absolute atomic E-state index is 0.0107. The fraction of sp³-hybridized carbons (Fsp3) is 0.417. The number of aryl methyl sites for hydroxylation is 2. The first-order valence-electron chi connectivity index (χ1n) is 10.8. The molecule has 2 aromatic heterocycles. The molecular weight excluding hydrogens is 392 g/mol. The molecule has 7 heteroatoms. The maximum absolute atomic E-state index is 13.0. The Hall–Kier alpha value is -2.90. The van der Waals surface area contributed by atoms with Crippen molar-refractivity contribution in [1.29, 1.82) is 0 Å². The maximum Gasteiger partial charge on any atom is 0.253 e. The third-order valence-electron chi connectivity index (χ3n) is 6.87. The van der Waals surface area contributed by atoms with Crippen LogP contribution in [0.4, 0.5) is 5.69 Å². The first-order valence-corrected chi connectivity index (χ1v) is 10.8. The summed E-state index contributed by atoms with van der Waals surface area (Å²) in [4.78, 5) is 17.8. The topological polar surface area (TPSA) is 98.9 Å². The van der Waals surface area contributed by atoms with Crippen LogP contribution in [0.15, 0.2) is 30.5 Å². The van der Waals surface area contributed by atoms with Gasteiger partial charge in [0.1, 0.15) is 0 Å². The molecule has 162 valence electrons. The molecule has 0 bridgehead atoms. The highest BCUT2D eigenvalue weighted by Crippen LogP contribution is 2.43. The molecule has 31 heavy (non-hydrogen) atoms. The van der Waals surface area contributed by atoms with Gasteiger partial charge in [0.05, 0.1) is 29.7 Å². The summed E-state index contributed by atoms with van der Waals surface area (Å²) in [5, 5.41) is 25.3. The van der Waals surface area contributed by atoms with Crippen molar-refractivity contribution in [2.24, 2.45) is 0 Å². The van der Waals surface area contributed by atoms with Crippen LogP contribution in [0.2, 0.25) is 0 Å². The van der Waals surface area contributed by atoms with Gasteiger partial charge in [-0.15, -0.1) is 0 Å². The van der Waals surface area contributed by atoms with E-state index in [1.807, 2.05) is 24.4 Å². The van der Waals surface area contributed by atoms with Crippen LogP contribution >= 0.6 is 0 Å². The molecule has 3 aromatic rings. The smallest absolute Gasteiger partial charge is 0.253 e. The summed E-state index contributed by atoms with van der Waals surface area (Å²) in [5.74, 6) is -0.246. The maximum atomic E-state index is 13.0. The Morgan fingerprint density at radius 3 is 2.68 bits per heavy atom. The molecule has 1 aromatic carbocycles. The number of pyridine rings is 1. The third kappa shape index (κ3) is 3.28. The summed E-state index contributed by atoms with van der Waals surface area (Å²) >= 11 is 0. The quantitative estimate of drug-likeness (QED) is 0.517. The van der Waals surface area contributed by atoms with Crippen molar-refractivity contribution in [2.75, 3.05) is 18.5 Å². The van der Waals surface area contributed by atoms with E-state index in [1.165, 1.54) is 11.1 Å². The molecule has 7 nitrogen and oxygen atoms in total. The Labute approximate surface area is 181 Å². The van der Waals surface area contributed by atoms with Gasteiger partial charge >= 0.3 is 0 Å². The molecule has 1 atom stereocenters. The van der Waals surface area contributed by atoms with E-state index in [0.717, 1.165) is 54.0 Å². The summed E-state index contributed by atoms with van der Waals surface area (Å²) in [5.41, 5.74) is 7.99. The van der Waals surface area contributed by atoms with Gasteiger partial charge in [-0.25, -0.2) is 4.98 Å². The number of imidazole rings is 1. The number of aliphatic hydroxyl groups excluding tert-OH is 2. The summed E-state index contributed by atoms with van der Waals surface area (Å²) in [7, 11) is 0. The van der Waals surface area contributed by atoms with Gasteiger partial charge in [-0.2, -0.15) is 0 Å². The van der Waals surface area contributed by atoms with Gasteiger partial charge in [-0.05, 0) is 56.2 Å². The van der Waals surface area contributed by atoms with Crippen LogP contribution in [0.3, 0.4) is 0 Å². The Kier molecular flexibility index (Phi) is 4.75. The monoisotopic (exact) mass is 420 g/mol. The number of nitrogens with one attached hydrogen (secondary N) is 2. The van der Waals surface area contributed by atoms with Crippen LogP contribution in [0.25, 0.3) is 5.65 Å². The van der Waals surface area contributed by atoms with E-state index < -0.39 is 6.10 Å². The average Bonchev–Trinajstić information content (AvgIpc) is 3.27. The number of carbonyl (C=O) groups excluding carboxylic acids is 1. The van der Waals surface area contributed by atoms with Crippen LogP contribution in [0.5, 0.6) is 0 Å². The predicted octanol–water partition coefficient (Wildman–Crippen LogP) is 1.93. The van der Waals surface area contributed by atoms with Crippen LogP contribution in [0.1, 0.15) is 44.9 Å². The van der Waals surface area contributed by atoms with E-state index in [4.69, 9.17) is 10.1 Å². The molecule has 0 fully saturated rings. The van der Waals surface area contributed by atoms with Crippen molar-refractivity contribution < 1.29 is 15.0 Å². The first kappa shape index (κ1) is 20.0.